The van der Waals surface area contributed by atoms with Crippen molar-refractivity contribution in [2.45, 2.75) is 25.8 Å². The second kappa shape index (κ2) is 8.87. The summed E-state index contributed by atoms with van der Waals surface area (Å²) in [6, 6.07) is 13.9. The number of benzene rings is 1. The highest BCUT2D eigenvalue weighted by atomic mass is 16.2. The van der Waals surface area contributed by atoms with Crippen molar-refractivity contribution in [2.24, 2.45) is 0 Å². The minimum Gasteiger partial charge on any atom is -0.335 e. The van der Waals surface area contributed by atoms with Crippen molar-refractivity contribution >= 4 is 23.1 Å². The van der Waals surface area contributed by atoms with Crippen LogP contribution in [0.1, 0.15) is 35.7 Å². The number of rotatable bonds is 6. The van der Waals surface area contributed by atoms with E-state index in [1.54, 1.807) is 6.20 Å². The van der Waals surface area contributed by atoms with Crippen LogP contribution in [-0.4, -0.2) is 68.5 Å². The van der Waals surface area contributed by atoms with Gasteiger partial charge in [-0.3, -0.25) is 4.79 Å². The molecular formula is C26H29N7O. The van der Waals surface area contributed by atoms with Crippen molar-refractivity contribution < 1.29 is 4.79 Å². The van der Waals surface area contributed by atoms with E-state index in [0.29, 0.717) is 23.5 Å². The van der Waals surface area contributed by atoms with Gasteiger partial charge in [-0.05, 0) is 62.5 Å². The number of anilines is 2. The molecule has 8 nitrogen and oxygen atoms in total. The molecule has 0 unspecified atom stereocenters. The third-order valence-electron chi connectivity index (χ3n) is 6.39. The summed E-state index contributed by atoms with van der Waals surface area (Å²) >= 11 is 0. The quantitative estimate of drug-likeness (QED) is 0.473. The van der Waals surface area contributed by atoms with Crippen molar-refractivity contribution in [3.8, 4) is 11.3 Å². The summed E-state index contributed by atoms with van der Waals surface area (Å²) in [6.45, 7) is 5.88. The Labute approximate surface area is 199 Å². The summed E-state index contributed by atoms with van der Waals surface area (Å²) in [5.74, 6) is 0.963. The van der Waals surface area contributed by atoms with Crippen LogP contribution in [0.4, 0.5) is 11.6 Å². The number of aromatic nitrogens is 4. The molecule has 1 aromatic carbocycles. The Morgan fingerprint density at radius 2 is 1.88 bits per heavy atom. The highest BCUT2D eigenvalue weighted by Crippen LogP contribution is 2.26. The van der Waals surface area contributed by atoms with Gasteiger partial charge in [-0.15, -0.1) is 0 Å². The number of nitrogens with zero attached hydrogens (tertiary/aromatic N) is 6. The molecule has 5 rings (SSSR count). The molecule has 1 amide bonds. The number of carbonyl (C=O) groups is 1. The van der Waals surface area contributed by atoms with Crippen LogP contribution < -0.4 is 5.32 Å². The molecule has 0 spiro atoms. The number of carbonyl (C=O) groups excluding carboxylic acids is 1. The highest BCUT2D eigenvalue weighted by molar-refractivity contribution is 5.95. The first-order valence-electron chi connectivity index (χ1n) is 11.5. The summed E-state index contributed by atoms with van der Waals surface area (Å²) in [4.78, 5) is 25.8. The van der Waals surface area contributed by atoms with Gasteiger partial charge in [0.2, 0.25) is 5.95 Å². The molecule has 3 aromatic heterocycles. The van der Waals surface area contributed by atoms with Gasteiger partial charge in [0.15, 0.2) is 0 Å². The number of amides is 1. The molecule has 0 atom stereocenters. The maximum Gasteiger partial charge on any atom is 0.253 e. The van der Waals surface area contributed by atoms with E-state index in [1.807, 2.05) is 72.3 Å². The SMILES string of the molecule is CC(C)c1cnn2ccc(-c3ccnc(Nc4ccc(C(=O)N5CC(N(C)C)C5)cc4)n3)cc12. The van der Waals surface area contributed by atoms with Gasteiger partial charge in [-0.1, -0.05) is 13.8 Å². The minimum atomic E-state index is 0.0685. The lowest BCUT2D eigenvalue weighted by atomic mass is 10.0. The van der Waals surface area contributed by atoms with E-state index in [-0.39, 0.29) is 5.91 Å². The lowest BCUT2D eigenvalue weighted by molar-refractivity contribution is 0.0399. The number of hydrogen-bond acceptors (Lipinski definition) is 6. The van der Waals surface area contributed by atoms with Crippen molar-refractivity contribution in [3.63, 3.8) is 0 Å². The number of likely N-dealkylation sites (tertiary alicyclic amines) is 1. The molecule has 0 aliphatic carbocycles. The van der Waals surface area contributed by atoms with Gasteiger partial charge in [-0.2, -0.15) is 5.10 Å². The van der Waals surface area contributed by atoms with Gasteiger partial charge < -0.3 is 15.1 Å². The van der Waals surface area contributed by atoms with Gasteiger partial charge in [0.05, 0.1) is 17.4 Å². The average molecular weight is 456 g/mol. The first kappa shape index (κ1) is 22.0. The number of pyridine rings is 1. The normalized spacial score (nSPS) is 14.1. The van der Waals surface area contributed by atoms with Gasteiger partial charge >= 0.3 is 0 Å². The molecule has 0 radical (unpaired) electrons. The van der Waals surface area contributed by atoms with E-state index in [0.717, 1.165) is 35.6 Å². The molecule has 1 aliphatic heterocycles. The molecule has 174 valence electrons. The fourth-order valence-electron chi connectivity index (χ4n) is 4.14. The van der Waals surface area contributed by atoms with Gasteiger partial charge in [-0.25, -0.2) is 14.5 Å². The zero-order chi connectivity index (χ0) is 23.8. The molecule has 34 heavy (non-hydrogen) atoms. The summed E-state index contributed by atoms with van der Waals surface area (Å²) in [5, 5.41) is 7.69. The Kier molecular flexibility index (Phi) is 5.75. The van der Waals surface area contributed by atoms with E-state index >= 15 is 0 Å². The molecule has 4 heterocycles. The van der Waals surface area contributed by atoms with Crippen LogP contribution in [0, 0.1) is 0 Å². The molecule has 0 saturated carbocycles. The first-order chi connectivity index (χ1) is 16.4. The molecule has 1 N–H and O–H groups in total. The van der Waals surface area contributed by atoms with E-state index < -0.39 is 0 Å². The molecule has 1 aliphatic rings. The Hall–Kier alpha value is -3.78. The predicted molar refractivity (Wildman–Crippen MR) is 133 cm³/mol. The topological polar surface area (TPSA) is 78.7 Å². The number of hydrogen-bond donors (Lipinski definition) is 1. The van der Waals surface area contributed by atoms with Crippen molar-refractivity contribution in [1.29, 1.82) is 0 Å². The Balaban J connectivity index is 1.30. The lowest BCUT2D eigenvalue weighted by Crippen LogP contribution is -2.59. The van der Waals surface area contributed by atoms with Crippen LogP contribution in [0.5, 0.6) is 0 Å². The maximum absolute atomic E-state index is 12.7. The number of nitrogens with one attached hydrogen (secondary N) is 1. The third kappa shape index (κ3) is 4.24. The van der Waals surface area contributed by atoms with Crippen molar-refractivity contribution in [1.82, 2.24) is 29.4 Å². The molecule has 8 heteroatoms. The standard InChI is InChI=1S/C26H29N7O/c1-17(2)22-14-28-33-12-10-19(13-24(22)33)23-9-11-27-26(30-23)29-20-7-5-18(6-8-20)25(34)32-15-21(16-32)31(3)4/h5-14,17,21H,15-16H2,1-4H3,(H,27,29,30). The molecule has 1 saturated heterocycles. The van der Waals surface area contributed by atoms with Crippen LogP contribution in [0.3, 0.4) is 0 Å². The maximum atomic E-state index is 12.7. The summed E-state index contributed by atoms with van der Waals surface area (Å²) in [6.07, 6.45) is 5.63. The first-order valence-corrected chi connectivity index (χ1v) is 11.5. The Morgan fingerprint density at radius 3 is 2.59 bits per heavy atom. The second-order valence-electron chi connectivity index (χ2n) is 9.30. The van der Waals surface area contributed by atoms with Crippen LogP contribution in [0.2, 0.25) is 0 Å². The zero-order valence-electron chi connectivity index (χ0n) is 19.9. The van der Waals surface area contributed by atoms with E-state index in [1.165, 1.54) is 5.56 Å². The lowest BCUT2D eigenvalue weighted by Gasteiger charge is -2.42. The Morgan fingerprint density at radius 1 is 1.12 bits per heavy atom. The summed E-state index contributed by atoms with van der Waals surface area (Å²) < 4.78 is 1.89. The number of likely N-dealkylation sites (N-methyl/N-ethyl adjacent to an activating group) is 1. The summed E-state index contributed by atoms with van der Waals surface area (Å²) in [5.41, 5.74) is 5.64. The second-order valence-corrected chi connectivity index (χ2v) is 9.30. The fraction of sp³-hybridized carbons (Fsp3) is 0.308. The third-order valence-corrected chi connectivity index (χ3v) is 6.39. The largest absolute Gasteiger partial charge is 0.335 e. The smallest absolute Gasteiger partial charge is 0.253 e. The monoisotopic (exact) mass is 455 g/mol. The zero-order valence-corrected chi connectivity index (χ0v) is 19.9. The number of fused-ring (bicyclic) bond motifs is 1. The van der Waals surface area contributed by atoms with E-state index in [4.69, 9.17) is 4.98 Å². The van der Waals surface area contributed by atoms with Crippen LogP contribution in [0.25, 0.3) is 16.8 Å². The van der Waals surface area contributed by atoms with Gasteiger partial charge in [0, 0.05) is 53.9 Å². The van der Waals surface area contributed by atoms with Crippen LogP contribution in [0.15, 0.2) is 61.1 Å². The van der Waals surface area contributed by atoms with Crippen LogP contribution >= 0.6 is 0 Å². The Bertz CT molecular complexity index is 1320. The average Bonchev–Trinajstić information content (AvgIpc) is 3.22. The van der Waals surface area contributed by atoms with Gasteiger partial charge in [0.25, 0.3) is 5.91 Å². The van der Waals surface area contributed by atoms with Crippen molar-refractivity contribution in [2.75, 3.05) is 32.5 Å². The van der Waals surface area contributed by atoms with Crippen molar-refractivity contribution in [3.05, 3.63) is 72.2 Å². The van der Waals surface area contributed by atoms with E-state index in [9.17, 15) is 4.79 Å². The molecule has 1 fully saturated rings. The highest BCUT2D eigenvalue weighted by Gasteiger charge is 2.32. The van der Waals surface area contributed by atoms with Gasteiger partial charge in [0.1, 0.15) is 0 Å². The fourth-order valence-corrected chi connectivity index (χ4v) is 4.14. The predicted octanol–water partition coefficient (Wildman–Crippen LogP) is 4.04. The minimum absolute atomic E-state index is 0.0685. The molecule has 4 aromatic rings. The van der Waals surface area contributed by atoms with Crippen LogP contribution in [-0.2, 0) is 0 Å². The molecular weight excluding hydrogens is 426 g/mol. The van der Waals surface area contributed by atoms with E-state index in [2.05, 4.69) is 40.2 Å². The molecule has 0 bridgehead atoms. The summed E-state index contributed by atoms with van der Waals surface area (Å²) in [7, 11) is 4.09.